The van der Waals surface area contributed by atoms with Gasteiger partial charge in [0.05, 0.1) is 11.9 Å². The molecule has 1 aromatic heterocycles. The summed E-state index contributed by atoms with van der Waals surface area (Å²) in [5.41, 5.74) is 0.655. The van der Waals surface area contributed by atoms with E-state index in [2.05, 4.69) is 10.3 Å². The molecule has 0 bridgehead atoms. The molecule has 0 saturated carbocycles. The molecule has 1 aromatic carbocycles. The summed E-state index contributed by atoms with van der Waals surface area (Å²) < 4.78 is 1.48. The van der Waals surface area contributed by atoms with Crippen molar-refractivity contribution in [2.45, 2.75) is 26.3 Å². The van der Waals surface area contributed by atoms with Crippen LogP contribution in [-0.4, -0.2) is 49.5 Å². The number of carboxylic acids is 1. The molecule has 0 unspecified atom stereocenters. The molecule has 0 aliphatic heterocycles. The highest BCUT2D eigenvalue weighted by Gasteiger charge is 2.36. The molecule has 0 aliphatic carbocycles. The Morgan fingerprint density at radius 1 is 1.23 bits per heavy atom. The van der Waals surface area contributed by atoms with Crippen LogP contribution in [0, 0.1) is 6.92 Å². The van der Waals surface area contributed by atoms with E-state index < -0.39 is 17.4 Å². The Bertz CT molecular complexity index is 704. The number of hydrogen-bond donors (Lipinski definition) is 1. The van der Waals surface area contributed by atoms with Gasteiger partial charge in [-0.2, -0.15) is 0 Å². The summed E-state index contributed by atoms with van der Waals surface area (Å²) >= 11 is 0. The van der Waals surface area contributed by atoms with E-state index in [4.69, 9.17) is 0 Å². The van der Waals surface area contributed by atoms with Crippen LogP contribution in [0.4, 0.5) is 0 Å². The molecular weight excluding hydrogens is 284 g/mol. The maximum Gasteiger partial charge on any atom is 0.329 e. The van der Waals surface area contributed by atoms with Gasteiger partial charge in [0.1, 0.15) is 5.54 Å². The van der Waals surface area contributed by atoms with Crippen molar-refractivity contribution in [3.63, 3.8) is 0 Å². The standard InChI is InChI=1S/C15H18N4O3/c1-10-5-7-11(8-6-10)19-9-12(16-17-19)13(20)18(4)15(2,3)14(21)22/h5-9H,1-4H3,(H,21,22). The van der Waals surface area contributed by atoms with Crippen molar-refractivity contribution < 1.29 is 14.7 Å². The molecule has 0 fully saturated rings. The van der Waals surface area contributed by atoms with Crippen molar-refractivity contribution in [3.8, 4) is 5.69 Å². The molecule has 2 aromatic rings. The first-order valence-corrected chi connectivity index (χ1v) is 6.74. The van der Waals surface area contributed by atoms with Crippen LogP contribution in [0.25, 0.3) is 5.69 Å². The zero-order valence-electron chi connectivity index (χ0n) is 12.9. The number of aromatic nitrogens is 3. The number of carbonyl (C=O) groups is 2. The second-order valence-corrected chi connectivity index (χ2v) is 5.61. The minimum absolute atomic E-state index is 0.0948. The van der Waals surface area contributed by atoms with E-state index in [9.17, 15) is 14.7 Å². The van der Waals surface area contributed by atoms with Gasteiger partial charge in [0.15, 0.2) is 5.69 Å². The van der Waals surface area contributed by atoms with Crippen molar-refractivity contribution in [2.75, 3.05) is 7.05 Å². The average molecular weight is 302 g/mol. The van der Waals surface area contributed by atoms with Crippen molar-refractivity contribution in [2.24, 2.45) is 0 Å². The number of carbonyl (C=O) groups excluding carboxylic acids is 1. The van der Waals surface area contributed by atoms with E-state index in [-0.39, 0.29) is 5.69 Å². The minimum Gasteiger partial charge on any atom is -0.480 e. The Morgan fingerprint density at radius 2 is 1.82 bits per heavy atom. The molecule has 116 valence electrons. The van der Waals surface area contributed by atoms with Crippen LogP contribution in [0.3, 0.4) is 0 Å². The molecule has 0 aliphatic rings. The number of carboxylic acid groups (broad SMARTS) is 1. The normalized spacial score (nSPS) is 11.3. The van der Waals surface area contributed by atoms with Crippen molar-refractivity contribution in [1.82, 2.24) is 19.9 Å². The van der Waals surface area contributed by atoms with Gasteiger partial charge in [-0.05, 0) is 32.9 Å². The Hall–Kier alpha value is -2.70. The van der Waals surface area contributed by atoms with Gasteiger partial charge < -0.3 is 10.0 Å². The van der Waals surface area contributed by atoms with Gasteiger partial charge in [-0.25, -0.2) is 9.48 Å². The highest BCUT2D eigenvalue weighted by atomic mass is 16.4. The van der Waals surface area contributed by atoms with Crippen LogP contribution in [0.1, 0.15) is 29.9 Å². The quantitative estimate of drug-likeness (QED) is 0.925. The van der Waals surface area contributed by atoms with Crippen LogP contribution in [0.5, 0.6) is 0 Å². The zero-order valence-corrected chi connectivity index (χ0v) is 12.9. The molecular formula is C15H18N4O3. The summed E-state index contributed by atoms with van der Waals surface area (Å²) in [6.45, 7) is 4.89. The number of aliphatic carboxylic acids is 1. The number of rotatable bonds is 4. The van der Waals surface area contributed by atoms with Crippen molar-refractivity contribution >= 4 is 11.9 Å². The number of aryl methyl sites for hydroxylation is 1. The number of amides is 1. The van der Waals surface area contributed by atoms with Crippen molar-refractivity contribution in [3.05, 3.63) is 41.7 Å². The monoisotopic (exact) mass is 302 g/mol. The maximum absolute atomic E-state index is 12.3. The van der Waals surface area contributed by atoms with Crippen molar-refractivity contribution in [1.29, 1.82) is 0 Å². The molecule has 0 spiro atoms. The second-order valence-electron chi connectivity index (χ2n) is 5.61. The molecule has 1 N–H and O–H groups in total. The van der Waals surface area contributed by atoms with E-state index in [0.29, 0.717) is 0 Å². The first-order chi connectivity index (χ1) is 10.2. The molecule has 7 nitrogen and oxygen atoms in total. The maximum atomic E-state index is 12.3. The predicted molar refractivity (Wildman–Crippen MR) is 79.9 cm³/mol. The van der Waals surface area contributed by atoms with Crippen LogP contribution in [-0.2, 0) is 4.79 Å². The molecule has 1 heterocycles. The highest BCUT2D eigenvalue weighted by Crippen LogP contribution is 2.16. The van der Waals surface area contributed by atoms with Gasteiger partial charge >= 0.3 is 5.97 Å². The molecule has 2 rings (SSSR count). The largest absolute Gasteiger partial charge is 0.480 e. The van der Waals surface area contributed by atoms with Crippen LogP contribution in [0.15, 0.2) is 30.5 Å². The van der Waals surface area contributed by atoms with Gasteiger partial charge in [-0.15, -0.1) is 5.10 Å². The smallest absolute Gasteiger partial charge is 0.329 e. The lowest BCUT2D eigenvalue weighted by Crippen LogP contribution is -2.50. The van der Waals surface area contributed by atoms with Crippen LogP contribution in [0.2, 0.25) is 0 Å². The highest BCUT2D eigenvalue weighted by molar-refractivity contribution is 5.95. The fourth-order valence-electron chi connectivity index (χ4n) is 1.75. The Labute approximate surface area is 128 Å². The Kier molecular flexibility index (Phi) is 3.99. The zero-order chi connectivity index (χ0) is 16.5. The Morgan fingerprint density at radius 3 is 2.36 bits per heavy atom. The molecule has 22 heavy (non-hydrogen) atoms. The molecule has 7 heteroatoms. The van der Waals surface area contributed by atoms with Gasteiger partial charge in [0.2, 0.25) is 0 Å². The topological polar surface area (TPSA) is 88.3 Å². The van der Waals surface area contributed by atoms with E-state index in [1.807, 2.05) is 31.2 Å². The molecule has 0 saturated heterocycles. The fraction of sp³-hybridized carbons (Fsp3) is 0.333. The molecule has 0 radical (unpaired) electrons. The van der Waals surface area contributed by atoms with Gasteiger partial charge in [-0.1, -0.05) is 22.9 Å². The number of likely N-dealkylation sites (N-methyl/N-ethyl adjacent to an activating group) is 1. The van der Waals surface area contributed by atoms with Gasteiger partial charge in [0.25, 0.3) is 5.91 Å². The summed E-state index contributed by atoms with van der Waals surface area (Å²) in [7, 11) is 1.43. The first kappa shape index (κ1) is 15.7. The lowest BCUT2D eigenvalue weighted by molar-refractivity contribution is -0.147. The Balaban J connectivity index is 2.26. The summed E-state index contributed by atoms with van der Waals surface area (Å²) in [6.07, 6.45) is 1.49. The lowest BCUT2D eigenvalue weighted by Gasteiger charge is -2.30. The van der Waals surface area contributed by atoms with Gasteiger partial charge in [0, 0.05) is 7.05 Å². The minimum atomic E-state index is -1.33. The van der Waals surface area contributed by atoms with E-state index in [1.165, 1.54) is 31.8 Å². The van der Waals surface area contributed by atoms with Crippen LogP contribution >= 0.6 is 0 Å². The van der Waals surface area contributed by atoms with Crippen LogP contribution < -0.4 is 0 Å². The fourth-order valence-corrected chi connectivity index (χ4v) is 1.75. The molecule has 1 amide bonds. The third-order valence-electron chi connectivity index (χ3n) is 3.68. The van der Waals surface area contributed by atoms with E-state index in [0.717, 1.165) is 16.2 Å². The number of benzene rings is 1. The SMILES string of the molecule is Cc1ccc(-n2cc(C(=O)N(C)C(C)(C)C(=O)O)nn2)cc1. The first-order valence-electron chi connectivity index (χ1n) is 6.74. The lowest BCUT2D eigenvalue weighted by atomic mass is 10.0. The third kappa shape index (κ3) is 2.83. The summed E-state index contributed by atoms with van der Waals surface area (Å²) in [5.74, 6) is -1.58. The second kappa shape index (κ2) is 5.59. The number of hydrogen-bond acceptors (Lipinski definition) is 4. The molecule has 0 atom stereocenters. The summed E-state index contributed by atoms with van der Waals surface area (Å²) in [5, 5.41) is 16.9. The summed E-state index contributed by atoms with van der Waals surface area (Å²) in [4.78, 5) is 24.7. The summed E-state index contributed by atoms with van der Waals surface area (Å²) in [6, 6.07) is 7.59. The predicted octanol–water partition coefficient (Wildman–Crippen LogP) is 1.51. The van der Waals surface area contributed by atoms with E-state index in [1.54, 1.807) is 0 Å². The number of nitrogens with zero attached hydrogens (tertiary/aromatic N) is 4. The third-order valence-corrected chi connectivity index (χ3v) is 3.68. The average Bonchev–Trinajstić information content (AvgIpc) is 2.96. The van der Waals surface area contributed by atoms with Gasteiger partial charge in [-0.3, -0.25) is 4.79 Å². The van der Waals surface area contributed by atoms with E-state index >= 15 is 0 Å².